The van der Waals surface area contributed by atoms with Crippen molar-refractivity contribution in [3.63, 3.8) is 0 Å². The third kappa shape index (κ3) is 1.79. The highest BCUT2D eigenvalue weighted by molar-refractivity contribution is 5.12. The van der Waals surface area contributed by atoms with Crippen molar-refractivity contribution in [2.45, 2.75) is 6.92 Å². The number of hydrogen-bond donors (Lipinski definition) is 0. The van der Waals surface area contributed by atoms with Crippen molar-refractivity contribution in [3.8, 4) is 0 Å². The van der Waals surface area contributed by atoms with Crippen LogP contribution in [0.3, 0.4) is 0 Å². The Bertz CT molecular complexity index is 42.8. The molecule has 0 radical (unpaired) electrons. The van der Waals surface area contributed by atoms with Crippen LogP contribution in [0.15, 0.2) is 0 Å². The molecule has 2 nitrogen and oxygen atoms in total. The third-order valence-electron chi connectivity index (χ3n) is 0.491. The maximum Gasteiger partial charge on any atom is 0.287 e. The molecule has 0 N–H and O–H groups in total. The third-order valence-corrected chi connectivity index (χ3v) is 0.491. The normalized spacial score (nSPS) is 7.67. The van der Waals surface area contributed by atoms with E-state index in [9.17, 15) is 0 Å². The van der Waals surface area contributed by atoms with E-state index in [-0.39, 0.29) is 0 Å². The van der Waals surface area contributed by atoms with Crippen molar-refractivity contribution in [1.82, 2.24) is 0 Å². The molecule has 0 amide bonds. The summed E-state index contributed by atoms with van der Waals surface area (Å²) in [5.74, 6) is 0. The molecular formula is C4H8O2. The van der Waals surface area contributed by atoms with Gasteiger partial charge in [0.25, 0.3) is 6.29 Å². The van der Waals surface area contributed by atoms with Crippen molar-refractivity contribution in [3.05, 3.63) is 6.29 Å². The molecule has 0 saturated heterocycles. The Morgan fingerprint density at radius 3 is 2.33 bits per heavy atom. The second kappa shape index (κ2) is 2.72. The Hall–Kier alpha value is -0.500. The summed E-state index contributed by atoms with van der Waals surface area (Å²) in [7, 11) is 1.53. The van der Waals surface area contributed by atoms with Crippen molar-refractivity contribution in [2.24, 2.45) is 0 Å². The van der Waals surface area contributed by atoms with Crippen LogP contribution in [0, 0.1) is 6.29 Å². The summed E-state index contributed by atoms with van der Waals surface area (Å²) in [6.45, 7) is 4.78. The van der Waals surface area contributed by atoms with Gasteiger partial charge in [-0.25, -0.2) is 0 Å². The molecule has 2 heteroatoms. The van der Waals surface area contributed by atoms with E-state index >= 15 is 0 Å². The lowest BCUT2D eigenvalue weighted by atomic mass is 10.8. The minimum atomic E-state index is 0.481. The van der Waals surface area contributed by atoms with Gasteiger partial charge in [0.1, 0.15) is 6.79 Å². The van der Waals surface area contributed by atoms with Crippen LogP contribution in [0.4, 0.5) is 0 Å². The largest absolute Gasteiger partial charge is 0.377 e. The number of hydrogen-bond acceptors (Lipinski definition) is 1. The fourth-order valence-corrected chi connectivity index (χ4v) is 0.0589. The predicted octanol–water partition coefficient (Wildman–Crippen LogP) is 0.507. The van der Waals surface area contributed by atoms with E-state index in [1.54, 1.807) is 6.92 Å². The first-order chi connectivity index (χ1) is 2.81. The lowest BCUT2D eigenvalue weighted by molar-refractivity contribution is -0.477. The number of ether oxygens (including phenoxy) is 1. The molecule has 0 aliphatic heterocycles. The summed E-state index contributed by atoms with van der Waals surface area (Å²) in [6.07, 6.45) is 0.481. The van der Waals surface area contributed by atoms with Crippen LogP contribution in [-0.4, -0.2) is 13.9 Å². The van der Waals surface area contributed by atoms with Crippen LogP contribution in [0.25, 0.3) is 0 Å². The van der Waals surface area contributed by atoms with Gasteiger partial charge in [-0.3, -0.25) is 0 Å². The van der Waals surface area contributed by atoms with E-state index in [0.29, 0.717) is 6.29 Å². The van der Waals surface area contributed by atoms with E-state index in [4.69, 9.17) is 0 Å². The summed E-state index contributed by atoms with van der Waals surface area (Å²) < 4.78 is 8.88. The zero-order chi connectivity index (χ0) is 4.99. The van der Waals surface area contributed by atoms with Crippen LogP contribution < -0.4 is 0 Å². The van der Waals surface area contributed by atoms with Gasteiger partial charge in [0, 0.05) is 14.0 Å². The van der Waals surface area contributed by atoms with Gasteiger partial charge in [0.15, 0.2) is 0 Å². The monoisotopic (exact) mass is 88.1 g/mol. The SMILES string of the molecule is C=[O+][C-](C)OC. The number of rotatable bonds is 2. The Labute approximate surface area is 37.4 Å². The number of carbonyl (C=O) groups excluding carboxylic acids is 1. The minimum absolute atomic E-state index is 0.481. The molecule has 0 spiro atoms. The van der Waals surface area contributed by atoms with E-state index in [1.807, 2.05) is 0 Å². The topological polar surface area (TPSA) is 20.5 Å². The number of methoxy groups -OCH3 is 1. The predicted molar refractivity (Wildman–Crippen MR) is 23.0 cm³/mol. The standard InChI is InChI=1S/C4H8O2/c1-4(5-2)6-3/h2H2,1,3H3. The fourth-order valence-electron chi connectivity index (χ4n) is 0.0589. The summed E-state index contributed by atoms with van der Waals surface area (Å²) in [4.78, 5) is 0. The van der Waals surface area contributed by atoms with Crippen molar-refractivity contribution in [2.75, 3.05) is 7.11 Å². The van der Waals surface area contributed by atoms with Crippen LogP contribution in [0.1, 0.15) is 6.92 Å². The van der Waals surface area contributed by atoms with Gasteiger partial charge < -0.3 is 9.16 Å². The van der Waals surface area contributed by atoms with Crippen LogP contribution >= 0.6 is 0 Å². The first-order valence-electron chi connectivity index (χ1n) is 1.61. The molecule has 0 aromatic heterocycles. The minimum Gasteiger partial charge on any atom is -0.377 e. The van der Waals surface area contributed by atoms with Gasteiger partial charge in [-0.15, -0.1) is 0 Å². The molecule has 0 fully saturated rings. The van der Waals surface area contributed by atoms with E-state index in [2.05, 4.69) is 16.0 Å². The smallest absolute Gasteiger partial charge is 0.287 e. The van der Waals surface area contributed by atoms with E-state index < -0.39 is 0 Å². The van der Waals surface area contributed by atoms with Gasteiger partial charge >= 0.3 is 0 Å². The molecule has 6 heavy (non-hydrogen) atoms. The molecule has 0 aromatic rings. The first kappa shape index (κ1) is 5.50. The molecule has 0 aromatic carbocycles. The van der Waals surface area contributed by atoms with E-state index in [1.165, 1.54) is 7.11 Å². The highest BCUT2D eigenvalue weighted by Gasteiger charge is 1.90. The van der Waals surface area contributed by atoms with Gasteiger partial charge in [0.05, 0.1) is 0 Å². The molecule has 0 bridgehead atoms. The maximum atomic E-state index is 4.53. The highest BCUT2D eigenvalue weighted by atomic mass is 16.6. The molecule has 0 saturated carbocycles. The molecule has 0 rings (SSSR count). The zero-order valence-electron chi connectivity index (χ0n) is 4.02. The van der Waals surface area contributed by atoms with Gasteiger partial charge in [-0.1, -0.05) is 0 Å². The summed E-state index contributed by atoms with van der Waals surface area (Å²) >= 11 is 0. The van der Waals surface area contributed by atoms with Gasteiger partial charge in [-0.2, -0.15) is 0 Å². The Morgan fingerprint density at radius 2 is 2.33 bits per heavy atom. The van der Waals surface area contributed by atoms with Gasteiger partial charge in [-0.05, 0) is 0 Å². The van der Waals surface area contributed by atoms with Crippen LogP contribution in [-0.2, 0) is 9.16 Å². The second-order valence-corrected chi connectivity index (χ2v) is 0.840. The average Bonchev–Trinajstić information content (AvgIpc) is 1.65. The van der Waals surface area contributed by atoms with Crippen molar-refractivity contribution < 1.29 is 9.16 Å². The van der Waals surface area contributed by atoms with E-state index in [0.717, 1.165) is 0 Å². The van der Waals surface area contributed by atoms with Crippen molar-refractivity contribution in [1.29, 1.82) is 0 Å². The lowest BCUT2D eigenvalue weighted by Gasteiger charge is -1.93. The summed E-state index contributed by atoms with van der Waals surface area (Å²) in [5, 5.41) is 0. The lowest BCUT2D eigenvalue weighted by Crippen LogP contribution is -1.90. The molecular weight excluding hydrogens is 80.0 g/mol. The quantitative estimate of drug-likeness (QED) is 0.355. The Morgan fingerprint density at radius 1 is 1.83 bits per heavy atom. The summed E-state index contributed by atoms with van der Waals surface area (Å²) in [6, 6.07) is 0. The molecule has 36 valence electrons. The van der Waals surface area contributed by atoms with Crippen LogP contribution in [0.2, 0.25) is 0 Å². The van der Waals surface area contributed by atoms with Crippen LogP contribution in [0.5, 0.6) is 0 Å². The molecule has 0 heterocycles. The Kier molecular flexibility index (Phi) is 2.50. The van der Waals surface area contributed by atoms with Crippen molar-refractivity contribution >= 4 is 6.79 Å². The highest BCUT2D eigenvalue weighted by Crippen LogP contribution is 1.89. The second-order valence-electron chi connectivity index (χ2n) is 0.840. The maximum absolute atomic E-state index is 4.53. The molecule has 0 unspecified atom stereocenters. The van der Waals surface area contributed by atoms with Gasteiger partial charge in [0.2, 0.25) is 0 Å². The molecule has 0 atom stereocenters. The first-order valence-corrected chi connectivity index (χ1v) is 1.61. The molecule has 0 aliphatic carbocycles. The zero-order valence-corrected chi connectivity index (χ0v) is 4.02. The Balaban J connectivity index is 2.96. The average molecular weight is 88.1 g/mol. The summed E-state index contributed by atoms with van der Waals surface area (Å²) in [5.41, 5.74) is 0. The fraction of sp³-hybridized carbons (Fsp3) is 0.500. The molecule has 0 aliphatic rings.